The summed E-state index contributed by atoms with van der Waals surface area (Å²) in [4.78, 5) is 0. The van der Waals surface area contributed by atoms with Crippen LogP contribution in [-0.2, 0) is 0 Å². The molecule has 3 heteroatoms. The Balaban J connectivity index is 3.70. The molecule has 0 aliphatic carbocycles. The highest BCUT2D eigenvalue weighted by Crippen LogP contribution is 2.07. The lowest BCUT2D eigenvalue weighted by Gasteiger charge is -2.32. The summed E-state index contributed by atoms with van der Waals surface area (Å²) in [6.07, 6.45) is 1.30. The van der Waals surface area contributed by atoms with Crippen molar-refractivity contribution in [1.29, 1.82) is 0 Å². The molecule has 0 bridgehead atoms. The van der Waals surface area contributed by atoms with Crippen LogP contribution in [0.25, 0.3) is 0 Å². The summed E-state index contributed by atoms with van der Waals surface area (Å²) in [5.41, 5.74) is 0. The average molecular weight is 221 g/mol. The molecule has 0 aliphatic heterocycles. The maximum Gasteiger partial charge on any atom is 0.400 e. The van der Waals surface area contributed by atoms with Crippen molar-refractivity contribution in [1.82, 2.24) is 0 Å². The molecule has 0 rings (SSSR count). The number of quaternary nitrogens is 1. The second-order valence-electron chi connectivity index (χ2n) is 4.04. The third-order valence-electron chi connectivity index (χ3n) is 2.19. The fourth-order valence-electron chi connectivity index (χ4n) is 1.29. The molecule has 0 saturated carbocycles. The lowest BCUT2D eigenvalue weighted by molar-refractivity contribution is -0.782. The standard InChI is InChI=1S/C8H20BBrN/c1-5-8(2)6-11(3,4)9-7-10/h8-9H,5-7H2,1-4H3/q+1. The van der Waals surface area contributed by atoms with Crippen molar-refractivity contribution in [2.75, 3.05) is 25.9 Å². The first-order valence-electron chi connectivity index (χ1n) is 4.40. The third-order valence-corrected chi connectivity index (χ3v) is 2.55. The van der Waals surface area contributed by atoms with Gasteiger partial charge in [0.1, 0.15) is 0 Å². The predicted molar refractivity (Wildman–Crippen MR) is 57.4 cm³/mol. The second-order valence-corrected chi connectivity index (χ2v) is 4.84. The molecule has 0 fully saturated rings. The zero-order chi connectivity index (χ0) is 8.91. The van der Waals surface area contributed by atoms with Crippen LogP contribution >= 0.6 is 15.9 Å². The minimum Gasteiger partial charge on any atom is -0.401 e. The Bertz CT molecular complexity index is 106. The summed E-state index contributed by atoms with van der Waals surface area (Å²) >= 11 is 3.48. The van der Waals surface area contributed by atoms with Gasteiger partial charge in [0.2, 0.25) is 0 Å². The zero-order valence-electron chi connectivity index (χ0n) is 8.23. The van der Waals surface area contributed by atoms with Crippen LogP contribution in [0.2, 0.25) is 0 Å². The van der Waals surface area contributed by atoms with E-state index in [4.69, 9.17) is 0 Å². The molecule has 0 aliphatic rings. The van der Waals surface area contributed by atoms with Gasteiger partial charge in [-0.1, -0.05) is 29.8 Å². The number of alkyl halides is 1. The third kappa shape index (κ3) is 5.74. The summed E-state index contributed by atoms with van der Waals surface area (Å²) < 4.78 is 1.14. The van der Waals surface area contributed by atoms with Crippen molar-refractivity contribution in [2.24, 2.45) is 5.92 Å². The van der Waals surface area contributed by atoms with Crippen molar-refractivity contribution >= 4 is 23.3 Å². The Morgan fingerprint density at radius 2 is 2.00 bits per heavy atom. The van der Waals surface area contributed by atoms with Crippen LogP contribution in [0.15, 0.2) is 0 Å². The zero-order valence-corrected chi connectivity index (χ0v) is 9.82. The van der Waals surface area contributed by atoms with E-state index in [0.29, 0.717) is 0 Å². The van der Waals surface area contributed by atoms with E-state index < -0.39 is 0 Å². The summed E-state index contributed by atoms with van der Waals surface area (Å²) in [6, 6.07) is 0. The van der Waals surface area contributed by atoms with E-state index in [1.807, 2.05) is 0 Å². The Morgan fingerprint density at radius 1 is 1.45 bits per heavy atom. The molecular formula is C8H20BBrN+. The first-order chi connectivity index (χ1) is 5.02. The van der Waals surface area contributed by atoms with Crippen LogP contribution in [0.5, 0.6) is 0 Å². The van der Waals surface area contributed by atoms with Crippen molar-refractivity contribution in [2.45, 2.75) is 20.3 Å². The first-order valence-corrected chi connectivity index (χ1v) is 5.52. The minimum atomic E-state index is 0.851. The van der Waals surface area contributed by atoms with Gasteiger partial charge in [0, 0.05) is 25.2 Å². The van der Waals surface area contributed by atoms with E-state index in [2.05, 4.69) is 43.9 Å². The quantitative estimate of drug-likeness (QED) is 0.490. The lowest BCUT2D eigenvalue weighted by Crippen LogP contribution is -2.46. The van der Waals surface area contributed by atoms with Gasteiger partial charge < -0.3 is 4.39 Å². The van der Waals surface area contributed by atoms with Crippen LogP contribution in [0.4, 0.5) is 0 Å². The maximum absolute atomic E-state index is 3.48. The molecule has 1 unspecified atom stereocenters. The van der Waals surface area contributed by atoms with Gasteiger partial charge in [-0.3, -0.25) is 0 Å². The molecule has 0 N–H and O–H groups in total. The van der Waals surface area contributed by atoms with Gasteiger partial charge in [-0.2, -0.15) is 0 Å². The molecule has 0 aromatic heterocycles. The monoisotopic (exact) mass is 220 g/mol. The Labute approximate surface area is 80.1 Å². The summed E-state index contributed by atoms with van der Waals surface area (Å²) in [7, 11) is 5.82. The molecule has 1 nitrogen and oxygen atoms in total. The highest BCUT2D eigenvalue weighted by atomic mass is 79.9. The number of hydrogen-bond acceptors (Lipinski definition) is 0. The molecule has 0 saturated heterocycles. The minimum absolute atomic E-state index is 0.851. The molecule has 66 valence electrons. The molecule has 0 aromatic rings. The highest BCUT2D eigenvalue weighted by molar-refractivity contribution is 9.09. The average Bonchev–Trinajstić information content (AvgIpc) is 1.86. The smallest absolute Gasteiger partial charge is 0.400 e. The van der Waals surface area contributed by atoms with E-state index in [0.717, 1.165) is 15.5 Å². The molecular weight excluding hydrogens is 201 g/mol. The molecule has 1 atom stereocenters. The van der Waals surface area contributed by atoms with Crippen molar-refractivity contribution in [3.05, 3.63) is 0 Å². The summed E-state index contributed by atoms with van der Waals surface area (Å²) in [5, 5.41) is 1.11. The lowest BCUT2D eigenvalue weighted by atomic mass is 9.90. The Kier molecular flexibility index (Phi) is 5.44. The van der Waals surface area contributed by atoms with Crippen LogP contribution in [0.3, 0.4) is 0 Å². The van der Waals surface area contributed by atoms with Gasteiger partial charge in [-0.15, -0.1) is 0 Å². The molecule has 0 spiro atoms. The van der Waals surface area contributed by atoms with Gasteiger partial charge in [-0.05, 0) is 6.42 Å². The SMILES string of the molecule is CCC(C)C[N+](C)(C)BCBr. The highest BCUT2D eigenvalue weighted by Gasteiger charge is 2.18. The molecule has 0 heterocycles. The molecule has 0 radical (unpaired) electrons. The summed E-state index contributed by atoms with van der Waals surface area (Å²) in [5.74, 6) is 0.851. The van der Waals surface area contributed by atoms with E-state index in [-0.39, 0.29) is 0 Å². The number of nitrogens with zero attached hydrogens (tertiary/aromatic N) is 1. The van der Waals surface area contributed by atoms with E-state index in [1.165, 1.54) is 20.4 Å². The topological polar surface area (TPSA) is 0 Å². The van der Waals surface area contributed by atoms with Gasteiger partial charge in [-0.25, -0.2) is 0 Å². The Hall–Kier alpha value is 0.505. The van der Waals surface area contributed by atoms with Crippen molar-refractivity contribution in [3.8, 4) is 0 Å². The first kappa shape index (κ1) is 11.5. The summed E-state index contributed by atoms with van der Waals surface area (Å²) in [6.45, 7) is 5.88. The van der Waals surface area contributed by atoms with E-state index in [9.17, 15) is 0 Å². The maximum atomic E-state index is 3.48. The van der Waals surface area contributed by atoms with Gasteiger partial charge in [0.15, 0.2) is 0 Å². The predicted octanol–water partition coefficient (Wildman–Crippen LogP) is 1.81. The molecule has 11 heavy (non-hydrogen) atoms. The van der Waals surface area contributed by atoms with Crippen molar-refractivity contribution < 1.29 is 4.39 Å². The van der Waals surface area contributed by atoms with Crippen LogP contribution in [0.1, 0.15) is 20.3 Å². The fraction of sp³-hybridized carbons (Fsp3) is 1.00. The van der Waals surface area contributed by atoms with Gasteiger partial charge in [0.05, 0.1) is 6.54 Å². The van der Waals surface area contributed by atoms with Gasteiger partial charge in [0.25, 0.3) is 0 Å². The fourth-order valence-corrected chi connectivity index (χ4v) is 2.25. The van der Waals surface area contributed by atoms with Crippen LogP contribution in [-0.4, -0.2) is 37.7 Å². The number of rotatable bonds is 5. The Morgan fingerprint density at radius 3 is 2.36 bits per heavy atom. The van der Waals surface area contributed by atoms with Crippen LogP contribution in [0, 0.1) is 5.92 Å². The van der Waals surface area contributed by atoms with Crippen LogP contribution < -0.4 is 0 Å². The van der Waals surface area contributed by atoms with Crippen molar-refractivity contribution in [3.63, 3.8) is 0 Å². The van der Waals surface area contributed by atoms with Gasteiger partial charge >= 0.3 is 7.41 Å². The van der Waals surface area contributed by atoms with E-state index >= 15 is 0 Å². The second kappa shape index (κ2) is 5.20. The number of hydrogen-bond donors (Lipinski definition) is 0. The van der Waals surface area contributed by atoms with E-state index in [1.54, 1.807) is 0 Å². The normalized spacial score (nSPS) is 14.6. The largest absolute Gasteiger partial charge is 0.401 e. The molecule has 0 aromatic carbocycles. The number of halogens is 1. The molecule has 0 amide bonds.